The van der Waals surface area contributed by atoms with Crippen molar-refractivity contribution in [2.45, 2.75) is 31.7 Å². The monoisotopic (exact) mass is 369 g/mol. The van der Waals surface area contributed by atoms with E-state index in [9.17, 15) is 4.79 Å². The predicted octanol–water partition coefficient (Wildman–Crippen LogP) is 4.01. The second-order valence-electron chi connectivity index (χ2n) is 6.70. The topological polar surface area (TPSA) is 48.0 Å². The molecule has 1 amide bonds. The molecular weight excluding hydrogens is 342 g/mol. The fourth-order valence-corrected chi connectivity index (χ4v) is 3.68. The molecule has 1 aliphatic rings. The maximum absolute atomic E-state index is 12.9. The Morgan fingerprint density at radius 1 is 1.00 bits per heavy atom. The average molecular weight is 369 g/mol. The molecule has 0 radical (unpaired) electrons. The lowest BCUT2D eigenvalue weighted by Gasteiger charge is -2.27. The van der Waals surface area contributed by atoms with E-state index in [1.807, 2.05) is 47.4 Å². The zero-order valence-corrected chi connectivity index (χ0v) is 16.2. The zero-order valence-electron chi connectivity index (χ0n) is 16.2. The van der Waals surface area contributed by atoms with E-state index in [1.54, 1.807) is 21.3 Å². The van der Waals surface area contributed by atoms with Gasteiger partial charge in [0.25, 0.3) is 0 Å². The van der Waals surface area contributed by atoms with Crippen molar-refractivity contribution >= 4 is 5.91 Å². The van der Waals surface area contributed by atoms with E-state index >= 15 is 0 Å². The number of likely N-dealkylation sites (tertiary alicyclic amines) is 1. The first-order chi connectivity index (χ1) is 13.2. The van der Waals surface area contributed by atoms with Gasteiger partial charge in [0.2, 0.25) is 5.91 Å². The second-order valence-corrected chi connectivity index (χ2v) is 6.70. The van der Waals surface area contributed by atoms with E-state index in [-0.39, 0.29) is 11.9 Å². The Hall–Kier alpha value is -2.69. The summed E-state index contributed by atoms with van der Waals surface area (Å²) in [6.45, 7) is 0.784. The number of ether oxygens (including phenoxy) is 3. The van der Waals surface area contributed by atoms with Gasteiger partial charge in [-0.2, -0.15) is 0 Å². The molecule has 2 aromatic rings. The van der Waals surface area contributed by atoms with Gasteiger partial charge in [0.15, 0.2) is 0 Å². The molecule has 1 unspecified atom stereocenters. The highest BCUT2D eigenvalue weighted by atomic mass is 16.5. The van der Waals surface area contributed by atoms with Crippen molar-refractivity contribution in [2.75, 3.05) is 27.9 Å². The minimum absolute atomic E-state index is 0.0402. The van der Waals surface area contributed by atoms with Crippen LogP contribution in [0.5, 0.6) is 17.2 Å². The van der Waals surface area contributed by atoms with Crippen LogP contribution in [0.15, 0.2) is 42.5 Å². The quantitative estimate of drug-likeness (QED) is 0.740. The number of rotatable bonds is 7. The second kappa shape index (κ2) is 8.80. The van der Waals surface area contributed by atoms with Crippen LogP contribution in [0.1, 0.15) is 36.4 Å². The Morgan fingerprint density at radius 3 is 2.37 bits per heavy atom. The lowest BCUT2D eigenvalue weighted by molar-refractivity contribution is -0.132. The number of nitrogens with zero attached hydrogens (tertiary/aromatic N) is 1. The SMILES string of the molecule is COc1ccc(CCC(=O)N2CCCC2c2cc(OC)ccc2OC)cc1. The summed E-state index contributed by atoms with van der Waals surface area (Å²) < 4.78 is 16.1. The van der Waals surface area contributed by atoms with E-state index in [0.29, 0.717) is 6.42 Å². The Labute approximate surface area is 160 Å². The molecule has 0 spiro atoms. The van der Waals surface area contributed by atoms with Crippen LogP contribution in [-0.2, 0) is 11.2 Å². The smallest absolute Gasteiger partial charge is 0.223 e. The van der Waals surface area contributed by atoms with Crippen LogP contribution in [0.2, 0.25) is 0 Å². The van der Waals surface area contributed by atoms with Gasteiger partial charge in [-0.25, -0.2) is 0 Å². The highest BCUT2D eigenvalue weighted by molar-refractivity contribution is 5.77. The molecule has 0 aromatic heterocycles. The van der Waals surface area contributed by atoms with Crippen LogP contribution >= 0.6 is 0 Å². The minimum Gasteiger partial charge on any atom is -0.497 e. The van der Waals surface area contributed by atoms with Crippen molar-refractivity contribution in [3.05, 3.63) is 53.6 Å². The molecule has 1 fully saturated rings. The van der Waals surface area contributed by atoms with Crippen molar-refractivity contribution in [1.82, 2.24) is 4.90 Å². The first-order valence-corrected chi connectivity index (χ1v) is 9.30. The Balaban J connectivity index is 1.70. The molecule has 1 atom stereocenters. The summed E-state index contributed by atoms with van der Waals surface area (Å²) in [5.74, 6) is 2.59. The maximum atomic E-state index is 12.9. The van der Waals surface area contributed by atoms with Gasteiger partial charge < -0.3 is 19.1 Å². The molecule has 3 rings (SSSR count). The van der Waals surface area contributed by atoms with Gasteiger partial charge in [-0.1, -0.05) is 12.1 Å². The van der Waals surface area contributed by atoms with Crippen LogP contribution in [-0.4, -0.2) is 38.7 Å². The largest absolute Gasteiger partial charge is 0.497 e. The highest BCUT2D eigenvalue weighted by Gasteiger charge is 2.31. The van der Waals surface area contributed by atoms with E-state index in [1.165, 1.54) is 0 Å². The molecule has 144 valence electrons. The first-order valence-electron chi connectivity index (χ1n) is 9.30. The summed E-state index contributed by atoms with van der Waals surface area (Å²) in [6, 6.07) is 13.7. The van der Waals surface area contributed by atoms with Crippen LogP contribution in [0.25, 0.3) is 0 Å². The van der Waals surface area contributed by atoms with E-state index in [4.69, 9.17) is 14.2 Å². The highest BCUT2D eigenvalue weighted by Crippen LogP contribution is 2.39. The van der Waals surface area contributed by atoms with Gasteiger partial charge >= 0.3 is 0 Å². The van der Waals surface area contributed by atoms with Crippen LogP contribution in [0, 0.1) is 0 Å². The van der Waals surface area contributed by atoms with Gasteiger partial charge in [0.05, 0.1) is 27.4 Å². The fourth-order valence-electron chi connectivity index (χ4n) is 3.68. The molecule has 5 heteroatoms. The third-order valence-corrected chi connectivity index (χ3v) is 5.16. The Kier molecular flexibility index (Phi) is 6.22. The summed E-state index contributed by atoms with van der Waals surface area (Å²) in [6.07, 6.45) is 3.16. The number of carbonyl (C=O) groups is 1. The molecule has 1 aliphatic heterocycles. The normalized spacial score (nSPS) is 16.3. The minimum atomic E-state index is 0.0402. The van der Waals surface area contributed by atoms with Gasteiger partial charge in [-0.3, -0.25) is 4.79 Å². The number of aryl methyl sites for hydroxylation is 1. The van der Waals surface area contributed by atoms with Gasteiger partial charge in [-0.05, 0) is 55.2 Å². The van der Waals surface area contributed by atoms with Crippen molar-refractivity contribution in [2.24, 2.45) is 0 Å². The van der Waals surface area contributed by atoms with Crippen LogP contribution in [0.3, 0.4) is 0 Å². The van der Waals surface area contributed by atoms with Gasteiger partial charge in [0.1, 0.15) is 17.2 Å². The van der Waals surface area contributed by atoms with E-state index in [0.717, 1.165) is 54.2 Å². The van der Waals surface area contributed by atoms with Crippen molar-refractivity contribution in [3.63, 3.8) is 0 Å². The van der Waals surface area contributed by atoms with Crippen LogP contribution in [0.4, 0.5) is 0 Å². The van der Waals surface area contributed by atoms with Crippen molar-refractivity contribution in [1.29, 1.82) is 0 Å². The van der Waals surface area contributed by atoms with E-state index < -0.39 is 0 Å². The zero-order chi connectivity index (χ0) is 19.2. The molecule has 0 bridgehead atoms. The number of hydrogen-bond donors (Lipinski definition) is 0. The first kappa shape index (κ1) is 19.1. The summed E-state index contributed by atoms with van der Waals surface area (Å²) >= 11 is 0. The summed E-state index contributed by atoms with van der Waals surface area (Å²) in [5.41, 5.74) is 2.16. The molecule has 27 heavy (non-hydrogen) atoms. The van der Waals surface area contributed by atoms with Gasteiger partial charge in [0, 0.05) is 18.5 Å². The molecule has 5 nitrogen and oxygen atoms in total. The average Bonchev–Trinajstić information content (AvgIpc) is 3.21. The molecule has 1 heterocycles. The molecule has 0 aliphatic carbocycles. The third-order valence-electron chi connectivity index (χ3n) is 5.16. The lowest BCUT2D eigenvalue weighted by atomic mass is 10.0. The number of benzene rings is 2. The van der Waals surface area contributed by atoms with E-state index in [2.05, 4.69) is 0 Å². The molecule has 2 aromatic carbocycles. The van der Waals surface area contributed by atoms with Crippen molar-refractivity contribution < 1.29 is 19.0 Å². The standard InChI is InChI=1S/C22H27NO4/c1-25-17-9-6-16(7-10-17)8-13-22(24)23-14-4-5-20(23)19-15-18(26-2)11-12-21(19)27-3/h6-7,9-12,15,20H,4-5,8,13-14H2,1-3H3. The van der Waals surface area contributed by atoms with Gasteiger partial charge in [-0.15, -0.1) is 0 Å². The number of carbonyl (C=O) groups excluding carboxylic acids is 1. The third kappa shape index (κ3) is 4.35. The summed E-state index contributed by atoms with van der Waals surface area (Å²) in [5, 5.41) is 0. The summed E-state index contributed by atoms with van der Waals surface area (Å²) in [4.78, 5) is 14.9. The van der Waals surface area contributed by atoms with Crippen LogP contribution < -0.4 is 14.2 Å². The fraction of sp³-hybridized carbons (Fsp3) is 0.409. The molecular formula is C22H27NO4. The number of methoxy groups -OCH3 is 3. The Bertz CT molecular complexity index is 772. The molecule has 0 saturated carbocycles. The Morgan fingerprint density at radius 2 is 1.70 bits per heavy atom. The maximum Gasteiger partial charge on any atom is 0.223 e. The predicted molar refractivity (Wildman–Crippen MR) is 105 cm³/mol. The lowest BCUT2D eigenvalue weighted by Crippen LogP contribution is -2.31. The van der Waals surface area contributed by atoms with Crippen molar-refractivity contribution in [3.8, 4) is 17.2 Å². The number of hydrogen-bond acceptors (Lipinski definition) is 4. The number of amides is 1. The molecule has 0 N–H and O–H groups in total. The molecule has 1 saturated heterocycles. The summed E-state index contributed by atoms with van der Waals surface area (Å²) in [7, 11) is 4.97.